The van der Waals surface area contributed by atoms with Gasteiger partial charge in [-0.25, -0.2) is 0 Å². The van der Waals surface area contributed by atoms with Crippen LogP contribution in [0.2, 0.25) is 0 Å². The fraction of sp³-hybridized carbons (Fsp3) is 0.250. The third kappa shape index (κ3) is 4.30. The molecule has 2 aromatic carbocycles. The molecule has 4 nitrogen and oxygen atoms in total. The highest BCUT2D eigenvalue weighted by Gasteiger charge is 2.13. The third-order valence-electron chi connectivity index (χ3n) is 4.08. The summed E-state index contributed by atoms with van der Waals surface area (Å²) in [4.78, 5) is 0. The van der Waals surface area contributed by atoms with Gasteiger partial charge in [0, 0.05) is 5.69 Å². The molecule has 0 saturated carbocycles. The van der Waals surface area contributed by atoms with E-state index < -0.39 is 6.10 Å². The van der Waals surface area contributed by atoms with Gasteiger partial charge in [-0.2, -0.15) is 5.10 Å². The average molecular weight is 401 g/mol. The van der Waals surface area contributed by atoms with Crippen LogP contribution in [0, 0.1) is 13.8 Å². The highest BCUT2D eigenvalue weighted by Crippen LogP contribution is 2.22. The van der Waals surface area contributed by atoms with Crippen molar-refractivity contribution in [3.8, 4) is 16.9 Å². The first kappa shape index (κ1) is 17.7. The van der Waals surface area contributed by atoms with E-state index >= 15 is 0 Å². The Balaban J connectivity index is 1.57. The summed E-state index contributed by atoms with van der Waals surface area (Å²) in [7, 11) is 0. The molecular weight excluding hydrogens is 380 g/mol. The molecule has 3 rings (SSSR count). The zero-order valence-corrected chi connectivity index (χ0v) is 15.9. The van der Waals surface area contributed by atoms with E-state index in [1.54, 1.807) is 4.68 Å². The van der Waals surface area contributed by atoms with Gasteiger partial charge in [-0.3, -0.25) is 4.68 Å². The van der Waals surface area contributed by atoms with E-state index in [4.69, 9.17) is 4.74 Å². The van der Waals surface area contributed by atoms with Crippen LogP contribution in [0.3, 0.4) is 0 Å². The summed E-state index contributed by atoms with van der Waals surface area (Å²) in [5, 5.41) is 14.6. The minimum Gasteiger partial charge on any atom is -0.491 e. The SMILES string of the molecule is Cc1nn(C[C@@H](O)COc2ccc(-c3ccccc3)cc2)c(C)c1Br. The van der Waals surface area contributed by atoms with Crippen LogP contribution in [0.1, 0.15) is 11.4 Å². The van der Waals surface area contributed by atoms with Crippen molar-refractivity contribution < 1.29 is 9.84 Å². The van der Waals surface area contributed by atoms with Crippen molar-refractivity contribution in [2.45, 2.75) is 26.5 Å². The molecule has 0 aliphatic heterocycles. The second kappa shape index (κ2) is 7.85. The number of ether oxygens (including phenoxy) is 1. The van der Waals surface area contributed by atoms with Gasteiger partial charge in [0.05, 0.1) is 16.7 Å². The zero-order chi connectivity index (χ0) is 17.8. The van der Waals surface area contributed by atoms with E-state index in [0.717, 1.165) is 27.2 Å². The first-order valence-corrected chi connectivity index (χ1v) is 8.99. The predicted octanol–water partition coefficient (Wildman–Crippen LogP) is 4.37. The predicted molar refractivity (Wildman–Crippen MR) is 103 cm³/mol. The highest BCUT2D eigenvalue weighted by atomic mass is 79.9. The molecule has 3 aromatic rings. The topological polar surface area (TPSA) is 47.3 Å². The summed E-state index contributed by atoms with van der Waals surface area (Å²) in [5.74, 6) is 0.744. The summed E-state index contributed by atoms with van der Waals surface area (Å²) >= 11 is 3.50. The molecule has 130 valence electrons. The average Bonchev–Trinajstić information content (AvgIpc) is 2.88. The van der Waals surface area contributed by atoms with Gasteiger partial charge in [0.2, 0.25) is 0 Å². The lowest BCUT2D eigenvalue weighted by Crippen LogP contribution is -2.24. The van der Waals surface area contributed by atoms with Gasteiger partial charge < -0.3 is 9.84 Å². The van der Waals surface area contributed by atoms with Crippen molar-refractivity contribution in [3.05, 3.63) is 70.5 Å². The van der Waals surface area contributed by atoms with Crippen molar-refractivity contribution in [1.82, 2.24) is 9.78 Å². The fourth-order valence-electron chi connectivity index (χ4n) is 2.67. The van der Waals surface area contributed by atoms with Gasteiger partial charge in [0.15, 0.2) is 0 Å². The molecule has 0 radical (unpaired) electrons. The maximum atomic E-state index is 10.2. The van der Waals surface area contributed by atoms with Crippen LogP contribution < -0.4 is 4.74 Å². The lowest BCUT2D eigenvalue weighted by molar-refractivity contribution is 0.0887. The lowest BCUT2D eigenvalue weighted by Gasteiger charge is -2.14. The number of hydrogen-bond donors (Lipinski definition) is 1. The molecule has 5 heteroatoms. The number of aliphatic hydroxyl groups excluding tert-OH is 1. The van der Waals surface area contributed by atoms with Crippen molar-refractivity contribution >= 4 is 15.9 Å². The Bertz CT molecular complexity index is 829. The number of aliphatic hydroxyl groups is 1. The minimum atomic E-state index is -0.626. The molecule has 0 bridgehead atoms. The number of hydrogen-bond acceptors (Lipinski definition) is 3. The van der Waals surface area contributed by atoms with Crippen molar-refractivity contribution in [2.24, 2.45) is 0 Å². The number of rotatable bonds is 6. The van der Waals surface area contributed by atoms with Gasteiger partial charge in [-0.05, 0) is 53.0 Å². The van der Waals surface area contributed by atoms with Crippen molar-refractivity contribution in [3.63, 3.8) is 0 Å². The van der Waals surface area contributed by atoms with E-state index in [1.807, 2.05) is 56.3 Å². The van der Waals surface area contributed by atoms with Gasteiger partial charge in [0.25, 0.3) is 0 Å². The first-order chi connectivity index (χ1) is 12.0. The monoisotopic (exact) mass is 400 g/mol. The quantitative estimate of drug-likeness (QED) is 0.667. The standard InChI is InChI=1S/C20H21BrN2O2/c1-14-20(21)15(2)23(22-14)12-18(24)13-25-19-10-8-17(9-11-19)16-6-4-3-5-7-16/h3-11,18,24H,12-13H2,1-2H3/t18-/m1/s1. The van der Waals surface area contributed by atoms with Crippen LogP contribution in [0.25, 0.3) is 11.1 Å². The normalized spacial score (nSPS) is 12.2. The van der Waals surface area contributed by atoms with Gasteiger partial charge in [-0.1, -0.05) is 42.5 Å². The number of nitrogens with zero attached hydrogens (tertiary/aromatic N) is 2. The first-order valence-electron chi connectivity index (χ1n) is 8.20. The second-order valence-corrected chi connectivity index (χ2v) is 6.82. The van der Waals surface area contributed by atoms with E-state index in [9.17, 15) is 5.11 Å². The van der Waals surface area contributed by atoms with Gasteiger partial charge >= 0.3 is 0 Å². The van der Waals surface area contributed by atoms with Crippen molar-refractivity contribution in [2.75, 3.05) is 6.61 Å². The Labute approximate surface area is 156 Å². The third-order valence-corrected chi connectivity index (χ3v) is 5.23. The molecule has 0 spiro atoms. The molecular formula is C20H21BrN2O2. The van der Waals surface area contributed by atoms with Crippen LogP contribution in [0.5, 0.6) is 5.75 Å². The molecule has 25 heavy (non-hydrogen) atoms. The molecule has 1 heterocycles. The largest absolute Gasteiger partial charge is 0.491 e. The molecule has 0 amide bonds. The smallest absolute Gasteiger partial charge is 0.119 e. The Kier molecular flexibility index (Phi) is 5.56. The fourth-order valence-corrected chi connectivity index (χ4v) is 2.96. The number of benzene rings is 2. The number of aromatic nitrogens is 2. The maximum Gasteiger partial charge on any atom is 0.119 e. The van der Waals surface area contributed by atoms with Gasteiger partial charge in [0.1, 0.15) is 18.5 Å². The summed E-state index contributed by atoms with van der Waals surface area (Å²) < 4.78 is 8.49. The summed E-state index contributed by atoms with van der Waals surface area (Å²) in [5.41, 5.74) is 4.23. The zero-order valence-electron chi connectivity index (χ0n) is 14.3. The number of halogens is 1. The van der Waals surface area contributed by atoms with E-state index in [1.165, 1.54) is 5.56 Å². The summed E-state index contributed by atoms with van der Waals surface area (Å²) in [6.07, 6.45) is -0.626. The molecule has 0 unspecified atom stereocenters. The molecule has 1 aromatic heterocycles. The van der Waals surface area contributed by atoms with Crippen LogP contribution in [-0.4, -0.2) is 27.6 Å². The maximum absolute atomic E-state index is 10.2. The summed E-state index contributed by atoms with van der Waals surface area (Å²) in [6, 6.07) is 18.1. The van der Waals surface area contributed by atoms with Gasteiger partial charge in [-0.15, -0.1) is 0 Å². The number of aryl methyl sites for hydroxylation is 1. The second-order valence-electron chi connectivity index (χ2n) is 6.02. The molecule has 0 aliphatic rings. The van der Waals surface area contributed by atoms with Crippen LogP contribution in [0.4, 0.5) is 0 Å². The molecule has 1 atom stereocenters. The van der Waals surface area contributed by atoms with Crippen LogP contribution >= 0.6 is 15.9 Å². The van der Waals surface area contributed by atoms with Crippen LogP contribution in [-0.2, 0) is 6.54 Å². The Morgan fingerprint density at radius 2 is 1.68 bits per heavy atom. The molecule has 0 fully saturated rings. The molecule has 0 aliphatic carbocycles. The molecule has 1 N–H and O–H groups in total. The minimum absolute atomic E-state index is 0.223. The van der Waals surface area contributed by atoms with E-state index in [0.29, 0.717) is 6.54 Å². The highest BCUT2D eigenvalue weighted by molar-refractivity contribution is 9.10. The molecule has 0 saturated heterocycles. The van der Waals surface area contributed by atoms with E-state index in [2.05, 4.69) is 33.2 Å². The summed E-state index contributed by atoms with van der Waals surface area (Å²) in [6.45, 7) is 4.53. The Hall–Kier alpha value is -2.11. The van der Waals surface area contributed by atoms with Crippen molar-refractivity contribution in [1.29, 1.82) is 0 Å². The Morgan fingerprint density at radius 1 is 1.04 bits per heavy atom. The van der Waals surface area contributed by atoms with E-state index in [-0.39, 0.29) is 6.61 Å². The Morgan fingerprint density at radius 3 is 2.28 bits per heavy atom. The van der Waals surface area contributed by atoms with Crippen LogP contribution in [0.15, 0.2) is 59.1 Å². The lowest BCUT2D eigenvalue weighted by atomic mass is 10.1.